The van der Waals surface area contributed by atoms with Crippen molar-refractivity contribution >= 4 is 5.96 Å². The second-order valence-corrected chi connectivity index (χ2v) is 6.97. The Kier molecular flexibility index (Phi) is 10.2. The molecule has 1 atom stereocenters. The number of hydrogen-bond acceptors (Lipinski definition) is 4. The largest absolute Gasteiger partial charge is 0.379 e. The third-order valence-electron chi connectivity index (χ3n) is 5.16. The molecule has 0 aromatic heterocycles. The molecule has 2 aliphatic rings. The summed E-state index contributed by atoms with van der Waals surface area (Å²) in [5.41, 5.74) is 0. The Bertz CT molecular complexity index is 366. The van der Waals surface area contributed by atoms with Crippen LogP contribution in [-0.2, 0) is 9.47 Å². The minimum Gasteiger partial charge on any atom is -0.379 e. The van der Waals surface area contributed by atoms with Gasteiger partial charge in [-0.3, -0.25) is 9.89 Å². The zero-order chi connectivity index (χ0) is 17.7. The third kappa shape index (κ3) is 7.92. The second kappa shape index (κ2) is 12.5. The fourth-order valence-corrected chi connectivity index (χ4v) is 3.80. The summed E-state index contributed by atoms with van der Waals surface area (Å²) in [7, 11) is 0. The van der Waals surface area contributed by atoms with Gasteiger partial charge in [0.1, 0.15) is 0 Å². The molecule has 0 aromatic rings. The van der Waals surface area contributed by atoms with Gasteiger partial charge in [-0.2, -0.15) is 0 Å². The van der Waals surface area contributed by atoms with Gasteiger partial charge >= 0.3 is 0 Å². The summed E-state index contributed by atoms with van der Waals surface area (Å²) in [6, 6.07) is 0. The minimum absolute atomic E-state index is 0.382. The molecule has 2 rings (SSSR count). The van der Waals surface area contributed by atoms with Crippen molar-refractivity contribution in [1.29, 1.82) is 0 Å². The van der Waals surface area contributed by atoms with Crippen molar-refractivity contribution in [1.82, 2.24) is 15.5 Å². The molecule has 0 radical (unpaired) electrons. The molecule has 146 valence electrons. The van der Waals surface area contributed by atoms with E-state index in [0.29, 0.717) is 6.10 Å². The first-order valence-electron chi connectivity index (χ1n) is 10.3. The molecule has 6 heteroatoms. The van der Waals surface area contributed by atoms with Crippen LogP contribution in [0.25, 0.3) is 0 Å². The predicted octanol–water partition coefficient (Wildman–Crippen LogP) is 1.86. The van der Waals surface area contributed by atoms with Crippen molar-refractivity contribution < 1.29 is 9.47 Å². The molecule has 25 heavy (non-hydrogen) atoms. The van der Waals surface area contributed by atoms with Crippen LogP contribution in [0.2, 0.25) is 0 Å². The van der Waals surface area contributed by atoms with Gasteiger partial charge in [-0.15, -0.1) is 0 Å². The van der Waals surface area contributed by atoms with Gasteiger partial charge in [-0.05, 0) is 39.0 Å². The lowest BCUT2D eigenvalue weighted by Crippen LogP contribution is -2.44. The molecule has 1 saturated carbocycles. The lowest BCUT2D eigenvalue weighted by molar-refractivity contribution is 0.0177. The van der Waals surface area contributed by atoms with Gasteiger partial charge in [0.2, 0.25) is 0 Å². The maximum atomic E-state index is 6.00. The van der Waals surface area contributed by atoms with Crippen molar-refractivity contribution in [2.75, 3.05) is 59.1 Å². The quantitative estimate of drug-likeness (QED) is 0.463. The first kappa shape index (κ1) is 20.5. The Morgan fingerprint density at radius 1 is 1.20 bits per heavy atom. The van der Waals surface area contributed by atoms with Crippen LogP contribution in [0, 0.1) is 5.92 Å². The Morgan fingerprint density at radius 3 is 2.64 bits per heavy atom. The molecule has 2 N–H and O–H groups in total. The smallest absolute Gasteiger partial charge is 0.191 e. The lowest BCUT2D eigenvalue weighted by Gasteiger charge is -2.26. The standard InChI is InChI=1S/C19H38N4O2/c1-3-20-19(22-11-12-23-13-15-24-16-14-23)21-10-9-18(25-4-2)17-7-5-6-8-17/h17-18H,3-16H2,1-2H3,(H2,20,21,22). The molecular formula is C19H38N4O2. The van der Waals surface area contributed by atoms with E-state index in [2.05, 4.69) is 29.4 Å². The Labute approximate surface area is 153 Å². The Morgan fingerprint density at radius 2 is 1.96 bits per heavy atom. The van der Waals surface area contributed by atoms with E-state index in [9.17, 15) is 0 Å². The molecule has 1 aliphatic carbocycles. The van der Waals surface area contributed by atoms with Gasteiger partial charge in [0.05, 0.1) is 19.3 Å². The van der Waals surface area contributed by atoms with E-state index in [1.807, 2.05) is 0 Å². The SMILES string of the molecule is CCNC(=NCCC(OCC)C1CCCC1)NCCN1CCOCC1. The fraction of sp³-hybridized carbons (Fsp3) is 0.947. The molecule has 1 unspecified atom stereocenters. The third-order valence-corrected chi connectivity index (χ3v) is 5.16. The number of nitrogens with one attached hydrogen (secondary N) is 2. The van der Waals surface area contributed by atoms with Crippen LogP contribution in [-0.4, -0.2) is 76.1 Å². The first-order valence-corrected chi connectivity index (χ1v) is 10.3. The van der Waals surface area contributed by atoms with Gasteiger partial charge in [0.15, 0.2) is 5.96 Å². The van der Waals surface area contributed by atoms with E-state index >= 15 is 0 Å². The van der Waals surface area contributed by atoms with Crippen LogP contribution < -0.4 is 10.6 Å². The van der Waals surface area contributed by atoms with Gasteiger partial charge < -0.3 is 20.1 Å². The van der Waals surface area contributed by atoms with Gasteiger partial charge in [-0.25, -0.2) is 0 Å². The second-order valence-electron chi connectivity index (χ2n) is 6.97. The van der Waals surface area contributed by atoms with Crippen molar-refractivity contribution in [2.45, 2.75) is 52.1 Å². The van der Waals surface area contributed by atoms with E-state index in [-0.39, 0.29) is 0 Å². The zero-order valence-corrected chi connectivity index (χ0v) is 16.3. The summed E-state index contributed by atoms with van der Waals surface area (Å²) in [4.78, 5) is 7.20. The molecule has 6 nitrogen and oxygen atoms in total. The average molecular weight is 355 g/mol. The number of rotatable bonds is 10. The van der Waals surface area contributed by atoms with E-state index in [1.54, 1.807) is 0 Å². The maximum Gasteiger partial charge on any atom is 0.191 e. The number of ether oxygens (including phenoxy) is 2. The summed E-state index contributed by atoms with van der Waals surface area (Å²) in [6.45, 7) is 12.5. The normalized spacial score (nSPS) is 21.4. The molecule has 0 bridgehead atoms. The Balaban J connectivity index is 1.71. The van der Waals surface area contributed by atoms with Crippen LogP contribution in [0.1, 0.15) is 46.0 Å². The number of aliphatic imine (C=N–C) groups is 1. The fourth-order valence-electron chi connectivity index (χ4n) is 3.80. The molecule has 2 fully saturated rings. The monoisotopic (exact) mass is 354 g/mol. The molecule has 0 aromatic carbocycles. The predicted molar refractivity (Wildman–Crippen MR) is 103 cm³/mol. The molecule has 0 spiro atoms. The number of nitrogens with zero attached hydrogens (tertiary/aromatic N) is 2. The number of guanidine groups is 1. The lowest BCUT2D eigenvalue weighted by atomic mass is 9.98. The van der Waals surface area contributed by atoms with Crippen molar-refractivity contribution in [3.63, 3.8) is 0 Å². The zero-order valence-electron chi connectivity index (χ0n) is 16.3. The van der Waals surface area contributed by atoms with Gasteiger partial charge in [0.25, 0.3) is 0 Å². The molecule has 0 amide bonds. The summed E-state index contributed by atoms with van der Waals surface area (Å²) < 4.78 is 11.4. The van der Waals surface area contributed by atoms with Crippen molar-refractivity contribution in [3.05, 3.63) is 0 Å². The summed E-state index contributed by atoms with van der Waals surface area (Å²) in [5, 5.41) is 6.81. The van der Waals surface area contributed by atoms with Crippen LogP contribution >= 0.6 is 0 Å². The summed E-state index contributed by atoms with van der Waals surface area (Å²) >= 11 is 0. The van der Waals surface area contributed by atoms with E-state index in [1.165, 1.54) is 25.7 Å². The molecule has 1 saturated heterocycles. The summed E-state index contributed by atoms with van der Waals surface area (Å²) in [6.07, 6.45) is 6.79. The highest BCUT2D eigenvalue weighted by Crippen LogP contribution is 2.30. The number of hydrogen-bond donors (Lipinski definition) is 2. The minimum atomic E-state index is 0.382. The highest BCUT2D eigenvalue weighted by atomic mass is 16.5. The Hall–Kier alpha value is -0.850. The highest BCUT2D eigenvalue weighted by molar-refractivity contribution is 5.79. The topological polar surface area (TPSA) is 58.1 Å². The maximum absolute atomic E-state index is 6.00. The number of morpholine rings is 1. The average Bonchev–Trinajstić information content (AvgIpc) is 3.16. The van der Waals surface area contributed by atoms with Gasteiger partial charge in [0, 0.05) is 45.9 Å². The van der Waals surface area contributed by atoms with Gasteiger partial charge in [-0.1, -0.05) is 12.8 Å². The molecule has 1 aliphatic heterocycles. The van der Waals surface area contributed by atoms with Crippen molar-refractivity contribution in [3.8, 4) is 0 Å². The molecular weight excluding hydrogens is 316 g/mol. The van der Waals surface area contributed by atoms with E-state index in [0.717, 1.165) is 77.4 Å². The summed E-state index contributed by atoms with van der Waals surface area (Å²) in [5.74, 6) is 1.67. The van der Waals surface area contributed by atoms with Crippen LogP contribution in [0.15, 0.2) is 4.99 Å². The van der Waals surface area contributed by atoms with Crippen LogP contribution in [0.4, 0.5) is 0 Å². The van der Waals surface area contributed by atoms with Crippen LogP contribution in [0.3, 0.4) is 0 Å². The van der Waals surface area contributed by atoms with Crippen molar-refractivity contribution in [2.24, 2.45) is 10.9 Å². The first-order chi connectivity index (χ1) is 12.3. The molecule has 1 heterocycles. The van der Waals surface area contributed by atoms with Crippen LogP contribution in [0.5, 0.6) is 0 Å². The van der Waals surface area contributed by atoms with E-state index in [4.69, 9.17) is 14.5 Å². The highest BCUT2D eigenvalue weighted by Gasteiger charge is 2.24. The van der Waals surface area contributed by atoms with E-state index < -0.39 is 0 Å².